The molecular weight excluding hydrogens is 230 g/mol. The number of hydrogen-bond donors (Lipinski definition) is 0. The minimum absolute atomic E-state index is 0.258. The van der Waals surface area contributed by atoms with E-state index in [1.54, 1.807) is 0 Å². The van der Waals surface area contributed by atoms with Gasteiger partial charge in [0.25, 0.3) is 0 Å². The van der Waals surface area contributed by atoms with Crippen molar-refractivity contribution < 1.29 is 28.4 Å². The molecule has 17 heavy (non-hydrogen) atoms. The molecule has 7 nitrogen and oxygen atoms in total. The van der Waals surface area contributed by atoms with E-state index in [1.807, 2.05) is 0 Å². The molecule has 0 aromatic rings. The summed E-state index contributed by atoms with van der Waals surface area (Å²) in [6.45, 7) is 0.966. The number of ether oxygens (including phenoxy) is 3. The molecule has 1 heterocycles. The van der Waals surface area contributed by atoms with Crippen molar-refractivity contribution in [2.75, 3.05) is 40.1 Å². The lowest BCUT2D eigenvalue weighted by atomic mass is 10.4. The van der Waals surface area contributed by atoms with Crippen LogP contribution in [0.2, 0.25) is 0 Å². The van der Waals surface area contributed by atoms with E-state index in [0.717, 1.165) is 12.2 Å². The third-order valence-electron chi connectivity index (χ3n) is 2.29. The summed E-state index contributed by atoms with van der Waals surface area (Å²) >= 11 is 0. The third kappa shape index (κ3) is 4.94. The van der Waals surface area contributed by atoms with E-state index in [1.165, 1.54) is 7.11 Å². The van der Waals surface area contributed by atoms with E-state index in [4.69, 9.17) is 9.47 Å². The second-order valence-corrected chi connectivity index (χ2v) is 3.57. The zero-order chi connectivity index (χ0) is 12.7. The molecule has 0 radical (unpaired) electrons. The molecule has 0 saturated carbocycles. The first-order chi connectivity index (χ1) is 8.06. The fourth-order valence-corrected chi connectivity index (χ4v) is 1.24. The number of rotatable bonds is 4. The van der Waals surface area contributed by atoms with Crippen LogP contribution in [0, 0.1) is 5.21 Å². The Morgan fingerprint density at radius 1 is 1.29 bits per heavy atom. The van der Waals surface area contributed by atoms with Gasteiger partial charge in [0, 0.05) is 12.2 Å². The molecule has 0 atom stereocenters. The summed E-state index contributed by atoms with van der Waals surface area (Å²) < 4.78 is 13.5. The van der Waals surface area contributed by atoms with E-state index in [9.17, 15) is 14.8 Å². The van der Waals surface area contributed by atoms with Gasteiger partial charge in [0.05, 0.1) is 20.3 Å². The highest BCUT2D eigenvalue weighted by Gasteiger charge is 2.22. The number of hydrogen-bond acceptors (Lipinski definition) is 6. The van der Waals surface area contributed by atoms with Crippen molar-refractivity contribution in [1.29, 1.82) is 0 Å². The average Bonchev–Trinajstić information content (AvgIpc) is 2.34. The topological polar surface area (TPSA) is 84.9 Å². The van der Waals surface area contributed by atoms with Crippen LogP contribution in [0.25, 0.3) is 0 Å². The zero-order valence-electron chi connectivity index (χ0n) is 9.59. The quantitative estimate of drug-likeness (QED) is 0.289. The first-order valence-electron chi connectivity index (χ1n) is 5.13. The fraction of sp³-hybridized carbons (Fsp3) is 0.600. The van der Waals surface area contributed by atoms with Crippen molar-refractivity contribution in [3.63, 3.8) is 0 Å². The smallest absolute Gasteiger partial charge is 0.335 e. The lowest BCUT2D eigenvalue weighted by Gasteiger charge is -2.43. The molecule has 0 spiro atoms. The molecule has 0 unspecified atom stereocenters. The summed E-state index contributed by atoms with van der Waals surface area (Å²) in [4.78, 5) is 21.8. The van der Waals surface area contributed by atoms with Gasteiger partial charge in [-0.05, 0) is 0 Å². The van der Waals surface area contributed by atoms with Crippen LogP contribution in [0.1, 0.15) is 0 Å². The number of carbonyl (C=O) groups is 2. The minimum Gasteiger partial charge on any atom is -0.630 e. The van der Waals surface area contributed by atoms with Crippen molar-refractivity contribution in [2.45, 2.75) is 0 Å². The molecule has 1 aliphatic rings. The van der Waals surface area contributed by atoms with Gasteiger partial charge in [-0.25, -0.2) is 9.59 Å². The van der Waals surface area contributed by atoms with Crippen LogP contribution in [0.15, 0.2) is 12.2 Å². The molecular formula is C10H15NO6. The maximum Gasteiger partial charge on any atom is 0.335 e. The predicted molar refractivity (Wildman–Crippen MR) is 56.3 cm³/mol. The van der Waals surface area contributed by atoms with Gasteiger partial charge < -0.3 is 24.1 Å². The first-order valence-corrected chi connectivity index (χ1v) is 5.13. The molecule has 0 bridgehead atoms. The van der Waals surface area contributed by atoms with E-state index >= 15 is 0 Å². The summed E-state index contributed by atoms with van der Waals surface area (Å²) in [5.41, 5.74) is 0. The molecule has 96 valence electrons. The number of methoxy groups -OCH3 is 1. The normalized spacial score (nSPS) is 18.9. The standard InChI is InChI=1S/C10H15NO6/c1-15-9(12)2-3-10(13)17-8-11(14)4-6-16-7-5-11/h2-3H,4-8H2,1H3/b3-2+. The lowest BCUT2D eigenvalue weighted by molar-refractivity contribution is -0.905. The van der Waals surface area contributed by atoms with Gasteiger partial charge in [-0.1, -0.05) is 0 Å². The molecule has 0 amide bonds. The van der Waals surface area contributed by atoms with E-state index in [2.05, 4.69) is 4.74 Å². The van der Waals surface area contributed by atoms with Crippen LogP contribution in [-0.2, 0) is 23.8 Å². The highest BCUT2D eigenvalue weighted by atomic mass is 16.6. The predicted octanol–water partition coefficient (Wildman–Crippen LogP) is -0.439. The maximum absolute atomic E-state index is 11.9. The van der Waals surface area contributed by atoms with Gasteiger partial charge in [-0.2, -0.15) is 0 Å². The van der Waals surface area contributed by atoms with E-state index < -0.39 is 16.6 Å². The van der Waals surface area contributed by atoms with Crippen LogP contribution in [0.3, 0.4) is 0 Å². The average molecular weight is 245 g/mol. The summed E-state index contributed by atoms with van der Waals surface area (Å²) in [5, 5.41) is 11.9. The molecule has 0 aromatic carbocycles. The van der Waals surface area contributed by atoms with Crippen molar-refractivity contribution in [3.8, 4) is 0 Å². The molecule has 1 aliphatic heterocycles. The summed E-state index contributed by atoms with van der Waals surface area (Å²) in [6.07, 6.45) is 1.87. The summed E-state index contributed by atoms with van der Waals surface area (Å²) in [7, 11) is 1.20. The molecule has 0 aliphatic carbocycles. The number of quaternary nitrogens is 1. The Balaban J connectivity index is 2.32. The van der Waals surface area contributed by atoms with Crippen LogP contribution in [-0.4, -0.2) is 56.7 Å². The SMILES string of the molecule is COC(=O)/C=C/C(=O)OC[N+]1([O-])CCOCC1. The van der Waals surface area contributed by atoms with Gasteiger partial charge in [-0.3, -0.25) is 0 Å². The Bertz CT molecular complexity index is 308. The zero-order valence-corrected chi connectivity index (χ0v) is 9.59. The Morgan fingerprint density at radius 2 is 1.88 bits per heavy atom. The van der Waals surface area contributed by atoms with E-state index in [0.29, 0.717) is 13.2 Å². The number of hydroxylamine groups is 3. The highest BCUT2D eigenvalue weighted by molar-refractivity contribution is 5.91. The van der Waals surface area contributed by atoms with Crippen LogP contribution in [0.4, 0.5) is 0 Å². The van der Waals surface area contributed by atoms with Gasteiger partial charge in [0.2, 0.25) is 6.73 Å². The molecule has 7 heteroatoms. The Morgan fingerprint density at radius 3 is 2.47 bits per heavy atom. The number of nitrogens with zero attached hydrogens (tertiary/aromatic N) is 1. The van der Waals surface area contributed by atoms with Crippen molar-refractivity contribution in [3.05, 3.63) is 17.4 Å². The Kier molecular flexibility index (Phi) is 5.08. The monoisotopic (exact) mass is 245 g/mol. The maximum atomic E-state index is 11.9. The number of morpholine rings is 1. The lowest BCUT2D eigenvalue weighted by Crippen LogP contribution is -2.51. The van der Waals surface area contributed by atoms with Crippen LogP contribution in [0.5, 0.6) is 0 Å². The fourth-order valence-electron chi connectivity index (χ4n) is 1.24. The van der Waals surface area contributed by atoms with Crippen molar-refractivity contribution >= 4 is 11.9 Å². The van der Waals surface area contributed by atoms with E-state index in [-0.39, 0.29) is 19.8 Å². The molecule has 1 fully saturated rings. The number of esters is 2. The summed E-state index contributed by atoms with van der Waals surface area (Å²) in [6, 6.07) is 0. The molecule has 1 saturated heterocycles. The summed E-state index contributed by atoms with van der Waals surface area (Å²) in [5.74, 6) is -1.39. The van der Waals surface area contributed by atoms with Gasteiger partial charge in [0.1, 0.15) is 13.1 Å². The Hall–Kier alpha value is -1.44. The third-order valence-corrected chi connectivity index (χ3v) is 2.29. The second-order valence-electron chi connectivity index (χ2n) is 3.57. The second kappa shape index (κ2) is 6.33. The molecule has 1 rings (SSSR count). The minimum atomic E-state index is -0.741. The van der Waals surface area contributed by atoms with Gasteiger partial charge in [-0.15, -0.1) is 0 Å². The first kappa shape index (κ1) is 13.6. The molecule has 0 aromatic heterocycles. The Labute approximate surface area is 98.7 Å². The number of carbonyl (C=O) groups excluding carboxylic acids is 2. The molecule has 0 N–H and O–H groups in total. The van der Waals surface area contributed by atoms with Crippen LogP contribution < -0.4 is 0 Å². The largest absolute Gasteiger partial charge is 0.630 e. The highest BCUT2D eigenvalue weighted by Crippen LogP contribution is 2.08. The van der Waals surface area contributed by atoms with Crippen molar-refractivity contribution in [1.82, 2.24) is 0 Å². The van der Waals surface area contributed by atoms with Crippen molar-refractivity contribution in [2.24, 2.45) is 0 Å². The van der Waals surface area contributed by atoms with Crippen LogP contribution >= 0.6 is 0 Å². The van der Waals surface area contributed by atoms with Gasteiger partial charge in [0.15, 0.2) is 0 Å². The van der Waals surface area contributed by atoms with Gasteiger partial charge >= 0.3 is 11.9 Å².